The molecule has 0 radical (unpaired) electrons. The number of nitrogens with one attached hydrogen (secondary N) is 1. The van der Waals surface area contributed by atoms with Crippen molar-refractivity contribution in [2.24, 2.45) is 4.99 Å². The van der Waals surface area contributed by atoms with E-state index in [4.69, 9.17) is 17.0 Å². The molecule has 0 unspecified atom stereocenters. The van der Waals surface area contributed by atoms with Crippen molar-refractivity contribution < 1.29 is 4.74 Å². The zero-order chi connectivity index (χ0) is 15.4. The van der Waals surface area contributed by atoms with Gasteiger partial charge in [0.2, 0.25) is 0 Å². The minimum atomic E-state index is 0.639. The molecule has 0 saturated carbocycles. The summed E-state index contributed by atoms with van der Waals surface area (Å²) in [5, 5.41) is 4.60. The van der Waals surface area contributed by atoms with Gasteiger partial charge in [-0.2, -0.15) is 0 Å². The Hall–Kier alpha value is -1.28. The fourth-order valence-electron chi connectivity index (χ4n) is 2.54. The third kappa shape index (κ3) is 3.92. The lowest BCUT2D eigenvalue weighted by Crippen LogP contribution is -2.39. The molecule has 2 heterocycles. The minimum absolute atomic E-state index is 0.639. The molecule has 0 bridgehead atoms. The highest BCUT2D eigenvalue weighted by molar-refractivity contribution is 7.73. The average molecular weight is 336 g/mol. The van der Waals surface area contributed by atoms with Crippen molar-refractivity contribution >= 4 is 45.9 Å². The van der Waals surface area contributed by atoms with Crippen molar-refractivity contribution in [2.75, 3.05) is 33.3 Å². The van der Waals surface area contributed by atoms with Crippen LogP contribution in [0, 0.1) is 3.95 Å². The maximum absolute atomic E-state index is 5.50. The van der Waals surface area contributed by atoms with Gasteiger partial charge >= 0.3 is 0 Å². The minimum Gasteiger partial charge on any atom is -0.482 e. The van der Waals surface area contributed by atoms with E-state index in [2.05, 4.69) is 27.0 Å². The summed E-state index contributed by atoms with van der Waals surface area (Å²) in [6.45, 7) is 3.83. The van der Waals surface area contributed by atoms with Crippen LogP contribution < -0.4 is 0 Å². The smallest absolute Gasteiger partial charge is 0.174 e. The molecule has 0 aliphatic carbocycles. The van der Waals surface area contributed by atoms with Gasteiger partial charge in [-0.3, -0.25) is 0 Å². The molecule has 1 aliphatic heterocycles. The van der Waals surface area contributed by atoms with E-state index >= 15 is 0 Å². The summed E-state index contributed by atoms with van der Waals surface area (Å²) < 4.78 is 7.44. The molecule has 0 spiro atoms. The lowest BCUT2D eigenvalue weighted by Gasteiger charge is -2.26. The molecule has 0 atom stereocenters. The van der Waals surface area contributed by atoms with Gasteiger partial charge in [-0.15, -0.1) is 11.3 Å². The van der Waals surface area contributed by atoms with Crippen LogP contribution in [0.3, 0.4) is 0 Å². The van der Waals surface area contributed by atoms with Crippen molar-refractivity contribution in [1.82, 2.24) is 15.0 Å². The van der Waals surface area contributed by atoms with E-state index < -0.39 is 0 Å². The van der Waals surface area contributed by atoms with Crippen LogP contribution in [0.4, 0.5) is 5.69 Å². The normalized spacial score (nSPS) is 16.3. The monoisotopic (exact) mass is 336 g/mol. The summed E-state index contributed by atoms with van der Waals surface area (Å²) in [6.07, 6.45) is 4.11. The summed E-state index contributed by atoms with van der Waals surface area (Å²) in [4.78, 5) is 7.48. The van der Waals surface area contributed by atoms with Gasteiger partial charge in [-0.1, -0.05) is 0 Å². The predicted molar refractivity (Wildman–Crippen MR) is 94.6 cm³/mol. The molecule has 5 nitrogen and oxygen atoms in total. The van der Waals surface area contributed by atoms with Crippen LogP contribution in [0.25, 0.3) is 10.2 Å². The molecule has 118 valence electrons. The quantitative estimate of drug-likeness (QED) is 0.379. The van der Waals surface area contributed by atoms with Crippen LogP contribution in [0.1, 0.15) is 12.8 Å². The molecule has 1 fully saturated rings. The molecule has 2 aromatic rings. The van der Waals surface area contributed by atoms with Gasteiger partial charge in [0.25, 0.3) is 0 Å². The highest BCUT2D eigenvalue weighted by atomic mass is 32.1. The van der Waals surface area contributed by atoms with Gasteiger partial charge in [-0.25, -0.2) is 15.0 Å². The molecule has 1 aromatic heterocycles. The number of hydrogen-bond acceptors (Lipinski definition) is 6. The Morgan fingerprint density at radius 2 is 2.27 bits per heavy atom. The Bertz CT molecular complexity index is 703. The topological polar surface area (TPSA) is 43.9 Å². The lowest BCUT2D eigenvalue weighted by atomic mass is 10.3. The number of H-pyrrole nitrogens is 1. The molecule has 1 saturated heterocycles. The number of hydrogen-bond donors (Lipinski definition) is 1. The van der Waals surface area contributed by atoms with E-state index in [1.54, 1.807) is 11.3 Å². The Morgan fingerprint density at radius 3 is 3.09 bits per heavy atom. The molecule has 22 heavy (non-hydrogen) atoms. The number of aromatic amines is 1. The highest BCUT2D eigenvalue weighted by Crippen LogP contribution is 2.24. The van der Waals surface area contributed by atoms with E-state index in [1.165, 1.54) is 19.2 Å². The molecule has 0 amide bonds. The molecular formula is C15H20N4OS2. The first-order valence-corrected chi connectivity index (χ1v) is 8.68. The molecule has 1 aliphatic rings. The van der Waals surface area contributed by atoms with E-state index in [0.29, 0.717) is 6.61 Å². The van der Waals surface area contributed by atoms with Crippen molar-refractivity contribution in [3.63, 3.8) is 0 Å². The second kappa shape index (κ2) is 7.32. The molecule has 3 rings (SSSR count). The van der Waals surface area contributed by atoms with E-state index in [1.807, 2.05) is 18.2 Å². The zero-order valence-corrected chi connectivity index (χ0v) is 14.3. The van der Waals surface area contributed by atoms with Crippen molar-refractivity contribution in [3.05, 3.63) is 22.2 Å². The summed E-state index contributed by atoms with van der Waals surface area (Å²) in [5.41, 5.74) is 1.89. The lowest BCUT2D eigenvalue weighted by molar-refractivity contribution is 0.0131. The van der Waals surface area contributed by atoms with Crippen LogP contribution in [0.2, 0.25) is 0 Å². The number of rotatable bonds is 6. The first-order chi connectivity index (χ1) is 10.7. The van der Waals surface area contributed by atoms with Crippen LogP contribution in [-0.4, -0.2) is 54.7 Å². The van der Waals surface area contributed by atoms with Crippen LogP contribution in [-0.2, 0) is 4.74 Å². The standard InChI is InChI=1S/C15H20N4OS2/c1-18(19-6-2-3-7-19)8-9-20-11-16-12-4-5-14-13(10-12)17-15(21)22-14/h4-5,10-11H,2-3,6-9H2,1H3,(H,17,21). The summed E-state index contributed by atoms with van der Waals surface area (Å²) in [5.74, 6) is 0. The predicted octanol–water partition coefficient (Wildman–Crippen LogP) is 3.58. The van der Waals surface area contributed by atoms with Gasteiger partial charge in [0, 0.05) is 26.7 Å². The Kier molecular flexibility index (Phi) is 5.20. The van der Waals surface area contributed by atoms with Gasteiger partial charge in [0.1, 0.15) is 6.61 Å². The van der Waals surface area contributed by atoms with Crippen LogP contribution in [0.5, 0.6) is 0 Å². The average Bonchev–Trinajstić information content (AvgIpc) is 3.14. The van der Waals surface area contributed by atoms with E-state index in [0.717, 1.165) is 39.5 Å². The largest absolute Gasteiger partial charge is 0.482 e. The summed E-state index contributed by atoms with van der Waals surface area (Å²) in [6, 6.07) is 5.98. The van der Waals surface area contributed by atoms with Gasteiger partial charge in [0.05, 0.1) is 15.9 Å². The van der Waals surface area contributed by atoms with Crippen LogP contribution >= 0.6 is 23.6 Å². The molecular weight excluding hydrogens is 316 g/mol. The first kappa shape index (κ1) is 15.6. The third-order valence-corrected chi connectivity index (χ3v) is 4.99. The number of nitrogens with zero attached hydrogens (tertiary/aromatic N) is 3. The second-order valence-corrected chi connectivity index (χ2v) is 7.06. The first-order valence-electron chi connectivity index (χ1n) is 7.45. The number of likely N-dealkylation sites (N-methyl/N-ethyl adjacent to an activating group) is 1. The number of aromatic nitrogens is 1. The summed E-state index contributed by atoms with van der Waals surface area (Å²) >= 11 is 6.71. The maximum Gasteiger partial charge on any atom is 0.174 e. The number of fused-ring (bicyclic) bond motifs is 1. The fraction of sp³-hybridized carbons (Fsp3) is 0.467. The number of benzene rings is 1. The highest BCUT2D eigenvalue weighted by Gasteiger charge is 2.15. The van der Waals surface area contributed by atoms with Gasteiger partial charge < -0.3 is 9.72 Å². The maximum atomic E-state index is 5.50. The zero-order valence-electron chi connectivity index (χ0n) is 12.6. The van der Waals surface area contributed by atoms with Crippen molar-refractivity contribution in [1.29, 1.82) is 0 Å². The fourth-order valence-corrected chi connectivity index (χ4v) is 3.64. The Labute approximate surface area is 139 Å². The number of hydrazine groups is 1. The molecule has 1 N–H and O–H groups in total. The number of ether oxygens (including phenoxy) is 1. The third-order valence-electron chi connectivity index (χ3n) is 3.78. The SMILES string of the molecule is CN(CCOC=Nc1ccc2sc(=S)[nH]c2c1)N1CCCC1. The van der Waals surface area contributed by atoms with Gasteiger partial charge in [-0.05, 0) is 43.3 Å². The Morgan fingerprint density at radius 1 is 1.45 bits per heavy atom. The summed E-state index contributed by atoms with van der Waals surface area (Å²) in [7, 11) is 2.11. The second-order valence-electron chi connectivity index (χ2n) is 5.34. The van der Waals surface area contributed by atoms with E-state index in [-0.39, 0.29) is 0 Å². The number of aliphatic imine (C=N–C) groups is 1. The van der Waals surface area contributed by atoms with Crippen molar-refractivity contribution in [2.45, 2.75) is 12.8 Å². The van der Waals surface area contributed by atoms with Crippen LogP contribution in [0.15, 0.2) is 23.2 Å². The van der Waals surface area contributed by atoms with Crippen molar-refractivity contribution in [3.8, 4) is 0 Å². The molecule has 7 heteroatoms. The van der Waals surface area contributed by atoms with E-state index in [9.17, 15) is 0 Å². The number of thiazole rings is 1. The molecule has 1 aromatic carbocycles. The van der Waals surface area contributed by atoms with Gasteiger partial charge in [0.15, 0.2) is 10.4 Å². The Balaban J connectivity index is 1.47.